The van der Waals surface area contributed by atoms with Crippen LogP contribution < -0.4 is 0 Å². The van der Waals surface area contributed by atoms with Crippen molar-refractivity contribution in [3.8, 4) is 0 Å². The van der Waals surface area contributed by atoms with Crippen LogP contribution in [0.4, 0.5) is 4.39 Å². The Morgan fingerprint density at radius 2 is 0.977 bits per heavy atom. The van der Waals surface area contributed by atoms with E-state index in [9.17, 15) is 0 Å². The van der Waals surface area contributed by atoms with Crippen LogP contribution in [-0.4, -0.2) is 43.3 Å². The molecule has 43 heavy (non-hydrogen) atoms. The van der Waals surface area contributed by atoms with Crippen LogP contribution in [0.1, 0.15) is 22.3 Å². The number of hydrogen-bond donors (Lipinski definition) is 0. The zero-order chi connectivity index (χ0) is 29.7. The highest BCUT2D eigenvalue weighted by atomic mass is 19.1. The molecule has 5 nitrogen and oxygen atoms in total. The molecule has 224 valence electrons. The van der Waals surface area contributed by atoms with Gasteiger partial charge in [-0.15, -0.1) is 6.58 Å². The maximum Gasteiger partial charge on any atom is 0.147 e. The summed E-state index contributed by atoms with van der Waals surface area (Å²) in [4.78, 5) is 0. The van der Waals surface area contributed by atoms with E-state index in [1.807, 2.05) is 121 Å². The molecule has 0 N–H and O–H groups in total. The third-order valence-corrected chi connectivity index (χ3v) is 7.46. The van der Waals surface area contributed by atoms with E-state index in [4.69, 9.17) is 23.7 Å². The molecule has 1 fully saturated rings. The Kier molecular flexibility index (Phi) is 11.6. The van der Waals surface area contributed by atoms with Gasteiger partial charge in [-0.2, -0.15) is 0 Å². The first kappa shape index (κ1) is 30.8. The smallest absolute Gasteiger partial charge is 0.147 e. The van der Waals surface area contributed by atoms with E-state index in [2.05, 4.69) is 6.58 Å². The first-order valence-electron chi connectivity index (χ1n) is 14.7. The third kappa shape index (κ3) is 8.92. The van der Waals surface area contributed by atoms with Crippen LogP contribution in [0.25, 0.3) is 0 Å². The van der Waals surface area contributed by atoms with Crippen molar-refractivity contribution in [1.29, 1.82) is 0 Å². The topological polar surface area (TPSA) is 46.2 Å². The standard InChI is InChI=1S/C37H39FO5/c1-2-32(38)34-36(41-25-30-19-11-5-12-20-30)37(42-26-31-21-13-6-14-22-31)35(40-24-29-17-9-4-10-18-29)33(43-34)27-39-23-28-15-7-3-8-16-28/h2-22,32-37H,1,23-27H2/t32-,33-,34-,35+,36+,37+/m0/s1. The fourth-order valence-electron chi connectivity index (χ4n) is 5.22. The lowest BCUT2D eigenvalue weighted by molar-refractivity contribution is -0.279. The molecule has 6 heteroatoms. The summed E-state index contributed by atoms with van der Waals surface area (Å²) < 4.78 is 47.8. The second-order valence-electron chi connectivity index (χ2n) is 10.6. The molecular weight excluding hydrogens is 543 g/mol. The van der Waals surface area contributed by atoms with Gasteiger partial charge in [0.05, 0.1) is 33.0 Å². The van der Waals surface area contributed by atoms with Gasteiger partial charge in [-0.05, 0) is 22.3 Å². The molecule has 6 atom stereocenters. The molecule has 4 aromatic carbocycles. The summed E-state index contributed by atoms with van der Waals surface area (Å²) in [5.41, 5.74) is 4.00. The summed E-state index contributed by atoms with van der Waals surface area (Å²) in [5.74, 6) is 0. The highest BCUT2D eigenvalue weighted by Crippen LogP contribution is 2.33. The Balaban J connectivity index is 1.43. The molecule has 0 amide bonds. The van der Waals surface area contributed by atoms with E-state index in [-0.39, 0.29) is 13.2 Å². The van der Waals surface area contributed by atoms with E-state index in [0.717, 1.165) is 22.3 Å². The molecule has 1 aliphatic heterocycles. The molecule has 1 aliphatic rings. The summed E-state index contributed by atoms with van der Waals surface area (Å²) in [6, 6.07) is 39.5. The average molecular weight is 583 g/mol. The lowest BCUT2D eigenvalue weighted by atomic mass is 9.91. The van der Waals surface area contributed by atoms with E-state index in [1.165, 1.54) is 6.08 Å². The minimum absolute atomic E-state index is 0.186. The molecule has 4 aromatic rings. The summed E-state index contributed by atoms with van der Waals surface area (Å²) in [7, 11) is 0. The molecule has 0 bridgehead atoms. The van der Waals surface area contributed by atoms with Crippen molar-refractivity contribution in [3.05, 3.63) is 156 Å². The van der Waals surface area contributed by atoms with Gasteiger partial charge in [-0.25, -0.2) is 4.39 Å². The molecular formula is C37H39FO5. The monoisotopic (exact) mass is 582 g/mol. The molecule has 1 saturated heterocycles. The van der Waals surface area contributed by atoms with Crippen LogP contribution in [0.3, 0.4) is 0 Å². The SMILES string of the molecule is C=C[C@H](F)[C@@H]1O[C@@H](COCc2ccccc2)[C@@H](OCc2ccccc2)[C@@H](OCc2ccccc2)[C@@H]1OCc1ccccc1. The number of alkyl halides is 1. The van der Waals surface area contributed by atoms with Gasteiger partial charge in [-0.1, -0.05) is 127 Å². The van der Waals surface area contributed by atoms with E-state index < -0.39 is 36.7 Å². The van der Waals surface area contributed by atoms with Crippen LogP contribution in [0.15, 0.2) is 134 Å². The van der Waals surface area contributed by atoms with Crippen LogP contribution in [0, 0.1) is 0 Å². The number of ether oxygens (including phenoxy) is 5. The molecule has 0 radical (unpaired) electrons. The van der Waals surface area contributed by atoms with Gasteiger partial charge in [0.2, 0.25) is 0 Å². The molecule has 5 rings (SSSR count). The molecule has 0 saturated carbocycles. The molecule has 0 spiro atoms. The molecule has 0 aliphatic carbocycles. The maximum atomic E-state index is 15.6. The van der Waals surface area contributed by atoms with E-state index >= 15 is 4.39 Å². The number of hydrogen-bond acceptors (Lipinski definition) is 5. The van der Waals surface area contributed by atoms with Crippen LogP contribution >= 0.6 is 0 Å². The Morgan fingerprint density at radius 3 is 1.42 bits per heavy atom. The number of benzene rings is 4. The van der Waals surface area contributed by atoms with Gasteiger partial charge in [-0.3, -0.25) is 0 Å². The fourth-order valence-corrected chi connectivity index (χ4v) is 5.22. The van der Waals surface area contributed by atoms with Gasteiger partial charge in [0.25, 0.3) is 0 Å². The van der Waals surface area contributed by atoms with Crippen molar-refractivity contribution in [3.63, 3.8) is 0 Å². The van der Waals surface area contributed by atoms with Gasteiger partial charge < -0.3 is 23.7 Å². The second-order valence-corrected chi connectivity index (χ2v) is 10.6. The number of halogens is 1. The Labute approximate surface area is 253 Å². The van der Waals surface area contributed by atoms with Crippen molar-refractivity contribution in [2.45, 2.75) is 63.1 Å². The van der Waals surface area contributed by atoms with Crippen LogP contribution in [0.5, 0.6) is 0 Å². The third-order valence-electron chi connectivity index (χ3n) is 7.46. The number of rotatable bonds is 15. The zero-order valence-electron chi connectivity index (χ0n) is 24.3. The minimum atomic E-state index is -1.49. The Morgan fingerprint density at radius 1 is 0.581 bits per heavy atom. The zero-order valence-corrected chi connectivity index (χ0v) is 24.3. The maximum absolute atomic E-state index is 15.6. The van der Waals surface area contributed by atoms with Gasteiger partial charge in [0.15, 0.2) is 0 Å². The first-order chi connectivity index (χ1) is 21.2. The molecule has 0 unspecified atom stereocenters. The normalized spacial score (nSPS) is 22.6. The quantitative estimate of drug-likeness (QED) is 0.138. The van der Waals surface area contributed by atoms with E-state index in [0.29, 0.717) is 19.8 Å². The van der Waals surface area contributed by atoms with E-state index in [1.54, 1.807) is 0 Å². The Hall–Kier alpha value is -3.65. The highest BCUT2D eigenvalue weighted by Gasteiger charge is 2.50. The highest BCUT2D eigenvalue weighted by molar-refractivity contribution is 5.17. The first-order valence-corrected chi connectivity index (χ1v) is 14.7. The summed E-state index contributed by atoms with van der Waals surface area (Å²) in [6.07, 6.45) is -3.86. The minimum Gasteiger partial charge on any atom is -0.374 e. The van der Waals surface area contributed by atoms with Gasteiger partial charge in [0.1, 0.15) is 36.7 Å². The Bertz CT molecular complexity index is 1340. The summed E-state index contributed by atoms with van der Waals surface area (Å²) in [5, 5.41) is 0. The molecule has 1 heterocycles. The largest absolute Gasteiger partial charge is 0.374 e. The predicted octanol–water partition coefficient (Wildman–Crippen LogP) is 7.25. The summed E-state index contributed by atoms with van der Waals surface area (Å²) >= 11 is 0. The molecule has 0 aromatic heterocycles. The lowest BCUT2D eigenvalue weighted by Crippen LogP contribution is -2.63. The van der Waals surface area contributed by atoms with Crippen LogP contribution in [-0.2, 0) is 50.1 Å². The second kappa shape index (κ2) is 16.3. The van der Waals surface area contributed by atoms with Gasteiger partial charge >= 0.3 is 0 Å². The van der Waals surface area contributed by atoms with Crippen molar-refractivity contribution in [2.24, 2.45) is 0 Å². The van der Waals surface area contributed by atoms with Gasteiger partial charge in [0, 0.05) is 0 Å². The lowest BCUT2D eigenvalue weighted by Gasteiger charge is -2.46. The van der Waals surface area contributed by atoms with Crippen molar-refractivity contribution < 1.29 is 28.1 Å². The van der Waals surface area contributed by atoms with Crippen LogP contribution in [0.2, 0.25) is 0 Å². The van der Waals surface area contributed by atoms with Crippen molar-refractivity contribution >= 4 is 0 Å². The summed E-state index contributed by atoms with van der Waals surface area (Å²) in [6.45, 7) is 5.18. The average Bonchev–Trinajstić information content (AvgIpc) is 3.07. The van der Waals surface area contributed by atoms with Crippen molar-refractivity contribution in [1.82, 2.24) is 0 Å². The van der Waals surface area contributed by atoms with Crippen molar-refractivity contribution in [2.75, 3.05) is 6.61 Å². The fraction of sp³-hybridized carbons (Fsp3) is 0.297. The predicted molar refractivity (Wildman–Crippen MR) is 165 cm³/mol.